The van der Waals surface area contributed by atoms with Crippen molar-refractivity contribution >= 4 is 22.8 Å². The first-order chi connectivity index (χ1) is 11.1. The molecule has 1 unspecified atom stereocenters. The number of nitrogens with one attached hydrogen (secondary N) is 1. The molecule has 122 valence electrons. The van der Waals surface area contributed by atoms with Gasteiger partial charge in [0.2, 0.25) is 0 Å². The van der Waals surface area contributed by atoms with Crippen LogP contribution in [0.15, 0.2) is 24.4 Å². The summed E-state index contributed by atoms with van der Waals surface area (Å²) in [5.41, 5.74) is 0.152. The molecular formula is C16H19N3O4. The number of carboxylic acid groups (broad SMARTS) is 1. The number of methoxy groups -OCH3 is 1. The van der Waals surface area contributed by atoms with Crippen molar-refractivity contribution in [1.29, 1.82) is 0 Å². The first-order valence-electron chi connectivity index (χ1n) is 7.51. The zero-order chi connectivity index (χ0) is 16.4. The summed E-state index contributed by atoms with van der Waals surface area (Å²) in [4.78, 5) is 26.2. The van der Waals surface area contributed by atoms with Gasteiger partial charge in [0.05, 0.1) is 23.9 Å². The number of para-hydroxylation sites is 1. The highest BCUT2D eigenvalue weighted by Gasteiger charge is 2.44. The number of ether oxygens (including phenoxy) is 1. The zero-order valence-electron chi connectivity index (χ0n) is 12.9. The van der Waals surface area contributed by atoms with E-state index in [1.807, 2.05) is 6.07 Å². The zero-order valence-corrected chi connectivity index (χ0v) is 12.9. The Bertz CT molecular complexity index is 738. The Morgan fingerprint density at radius 2 is 2.30 bits per heavy atom. The van der Waals surface area contributed by atoms with E-state index in [1.54, 1.807) is 23.2 Å². The number of carbonyl (C=O) groups excluding carboxylic acids is 1. The van der Waals surface area contributed by atoms with Crippen LogP contribution in [0, 0.1) is 5.41 Å². The number of hydrogen-bond donors (Lipinski definition) is 2. The van der Waals surface area contributed by atoms with Gasteiger partial charge >= 0.3 is 5.97 Å². The van der Waals surface area contributed by atoms with Crippen LogP contribution in [0.4, 0.5) is 0 Å². The Balaban J connectivity index is 1.90. The molecule has 2 N–H and O–H groups in total. The van der Waals surface area contributed by atoms with E-state index < -0.39 is 11.4 Å². The number of piperidine rings is 1. The highest BCUT2D eigenvalue weighted by atomic mass is 16.5. The van der Waals surface area contributed by atoms with Crippen LogP contribution >= 0.6 is 0 Å². The van der Waals surface area contributed by atoms with Gasteiger partial charge in [0.15, 0.2) is 0 Å². The van der Waals surface area contributed by atoms with E-state index in [2.05, 4.69) is 10.2 Å². The van der Waals surface area contributed by atoms with E-state index >= 15 is 0 Å². The smallest absolute Gasteiger partial charge is 0.313 e. The van der Waals surface area contributed by atoms with Gasteiger partial charge in [0.1, 0.15) is 5.41 Å². The van der Waals surface area contributed by atoms with E-state index in [4.69, 9.17) is 4.74 Å². The molecule has 1 aliphatic rings. The van der Waals surface area contributed by atoms with E-state index in [9.17, 15) is 14.7 Å². The average Bonchev–Trinajstić information content (AvgIpc) is 3.03. The first-order valence-corrected chi connectivity index (χ1v) is 7.51. The van der Waals surface area contributed by atoms with Crippen LogP contribution in [0.25, 0.3) is 10.9 Å². The third-order valence-corrected chi connectivity index (χ3v) is 4.45. The molecule has 1 fully saturated rings. The van der Waals surface area contributed by atoms with Gasteiger partial charge < -0.3 is 14.7 Å². The molecule has 3 rings (SSSR count). The second-order valence-electron chi connectivity index (χ2n) is 5.99. The van der Waals surface area contributed by atoms with Crippen molar-refractivity contribution in [1.82, 2.24) is 15.1 Å². The van der Waals surface area contributed by atoms with Crippen LogP contribution in [0.5, 0.6) is 0 Å². The van der Waals surface area contributed by atoms with Crippen molar-refractivity contribution < 1.29 is 19.4 Å². The molecule has 0 spiro atoms. The Hall–Kier alpha value is -2.41. The highest BCUT2D eigenvalue weighted by Crippen LogP contribution is 2.32. The molecule has 1 saturated heterocycles. The minimum Gasteiger partial charge on any atom is -0.481 e. The molecule has 0 aliphatic carbocycles. The summed E-state index contributed by atoms with van der Waals surface area (Å²) in [7, 11) is 1.48. The van der Waals surface area contributed by atoms with E-state index in [0.717, 1.165) is 5.39 Å². The molecule has 1 aromatic heterocycles. The van der Waals surface area contributed by atoms with E-state index in [-0.39, 0.29) is 19.1 Å². The number of rotatable bonds is 4. The second-order valence-corrected chi connectivity index (χ2v) is 5.99. The maximum absolute atomic E-state index is 12.9. The lowest BCUT2D eigenvalue weighted by Gasteiger charge is -2.39. The Kier molecular flexibility index (Phi) is 4.04. The first kappa shape index (κ1) is 15.5. The standard InChI is InChI=1S/C16H19N3O4/c1-23-10-16(15(21)22)6-3-7-19(9-16)14(20)12-5-2-4-11-8-17-18-13(11)12/h2,4-5,8H,3,6-7,9-10H2,1H3,(H,17,18)(H,21,22). The van der Waals surface area contributed by atoms with Crippen LogP contribution < -0.4 is 0 Å². The Morgan fingerprint density at radius 1 is 1.48 bits per heavy atom. The van der Waals surface area contributed by atoms with E-state index in [0.29, 0.717) is 30.5 Å². The summed E-state index contributed by atoms with van der Waals surface area (Å²) in [6.45, 7) is 0.794. The minimum atomic E-state index is -1.04. The van der Waals surface area contributed by atoms with Gasteiger partial charge in [-0.05, 0) is 18.9 Å². The van der Waals surface area contributed by atoms with Crippen LogP contribution in [-0.4, -0.2) is 58.9 Å². The molecule has 2 aromatic rings. The Morgan fingerprint density at radius 3 is 3.04 bits per heavy atom. The van der Waals surface area contributed by atoms with Crippen LogP contribution in [0.1, 0.15) is 23.2 Å². The van der Waals surface area contributed by atoms with Crippen molar-refractivity contribution in [2.45, 2.75) is 12.8 Å². The van der Waals surface area contributed by atoms with Crippen molar-refractivity contribution in [3.8, 4) is 0 Å². The maximum atomic E-state index is 12.9. The lowest BCUT2D eigenvalue weighted by Crippen LogP contribution is -2.52. The van der Waals surface area contributed by atoms with Gasteiger partial charge in [-0.25, -0.2) is 0 Å². The number of aromatic nitrogens is 2. The number of hydrogen-bond acceptors (Lipinski definition) is 4. The molecule has 23 heavy (non-hydrogen) atoms. The van der Waals surface area contributed by atoms with Crippen LogP contribution in [0.3, 0.4) is 0 Å². The number of carboxylic acids is 1. The van der Waals surface area contributed by atoms with Crippen molar-refractivity contribution in [3.63, 3.8) is 0 Å². The number of aliphatic carboxylic acids is 1. The predicted molar refractivity (Wildman–Crippen MR) is 83.2 cm³/mol. The average molecular weight is 317 g/mol. The number of fused-ring (bicyclic) bond motifs is 1. The maximum Gasteiger partial charge on any atom is 0.313 e. The van der Waals surface area contributed by atoms with E-state index in [1.165, 1.54) is 7.11 Å². The molecule has 1 atom stereocenters. The molecule has 7 heteroatoms. The summed E-state index contributed by atoms with van der Waals surface area (Å²) in [5, 5.41) is 17.3. The highest BCUT2D eigenvalue weighted by molar-refractivity contribution is 6.05. The lowest BCUT2D eigenvalue weighted by molar-refractivity contribution is -0.155. The van der Waals surface area contributed by atoms with Crippen molar-refractivity contribution in [2.24, 2.45) is 5.41 Å². The summed E-state index contributed by atoms with van der Waals surface area (Å²) >= 11 is 0. The monoisotopic (exact) mass is 317 g/mol. The predicted octanol–water partition coefficient (Wildman–Crippen LogP) is 1.52. The van der Waals surface area contributed by atoms with Gasteiger partial charge in [0.25, 0.3) is 5.91 Å². The summed E-state index contributed by atoms with van der Waals surface area (Å²) < 4.78 is 5.10. The molecule has 0 saturated carbocycles. The topological polar surface area (TPSA) is 95.5 Å². The van der Waals surface area contributed by atoms with Crippen LogP contribution in [-0.2, 0) is 9.53 Å². The van der Waals surface area contributed by atoms with Gasteiger partial charge in [-0.2, -0.15) is 5.10 Å². The fraction of sp³-hybridized carbons (Fsp3) is 0.438. The summed E-state index contributed by atoms with van der Waals surface area (Å²) in [5.74, 6) is -1.10. The van der Waals surface area contributed by atoms with Crippen LogP contribution in [0.2, 0.25) is 0 Å². The molecule has 1 aromatic carbocycles. The third-order valence-electron chi connectivity index (χ3n) is 4.45. The fourth-order valence-corrected chi connectivity index (χ4v) is 3.25. The minimum absolute atomic E-state index is 0.0976. The largest absolute Gasteiger partial charge is 0.481 e. The molecule has 1 aliphatic heterocycles. The second kappa shape index (κ2) is 6.00. The normalized spacial score (nSPS) is 21.5. The number of likely N-dealkylation sites (tertiary alicyclic amines) is 1. The van der Waals surface area contributed by atoms with Crippen molar-refractivity contribution in [2.75, 3.05) is 26.8 Å². The van der Waals surface area contributed by atoms with Gasteiger partial charge in [-0.15, -0.1) is 0 Å². The summed E-state index contributed by atoms with van der Waals surface area (Å²) in [6.07, 6.45) is 2.81. The van der Waals surface area contributed by atoms with Gasteiger partial charge in [-0.3, -0.25) is 14.7 Å². The molecule has 7 nitrogen and oxygen atoms in total. The number of amides is 1. The molecule has 1 amide bonds. The molecule has 0 radical (unpaired) electrons. The fourth-order valence-electron chi connectivity index (χ4n) is 3.25. The van der Waals surface area contributed by atoms with Gasteiger partial charge in [0, 0.05) is 25.6 Å². The Labute approximate surface area is 133 Å². The number of nitrogens with zero attached hydrogens (tertiary/aromatic N) is 2. The van der Waals surface area contributed by atoms with Gasteiger partial charge in [-0.1, -0.05) is 12.1 Å². The third kappa shape index (κ3) is 2.68. The van der Waals surface area contributed by atoms with Crippen molar-refractivity contribution in [3.05, 3.63) is 30.0 Å². The SMILES string of the molecule is COCC1(C(=O)O)CCCN(C(=O)c2cccc3cn[nH]c23)C1. The summed E-state index contributed by atoms with van der Waals surface area (Å²) in [6, 6.07) is 5.41. The molecule has 0 bridgehead atoms. The number of benzene rings is 1. The lowest BCUT2D eigenvalue weighted by atomic mass is 9.80. The molecular weight excluding hydrogens is 298 g/mol. The number of H-pyrrole nitrogens is 1. The number of aromatic amines is 1. The molecule has 2 heterocycles. The quantitative estimate of drug-likeness (QED) is 0.891. The number of carbonyl (C=O) groups is 2.